The molecule has 0 aromatic rings. The van der Waals surface area contributed by atoms with Crippen molar-refractivity contribution in [1.29, 1.82) is 0 Å². The minimum absolute atomic E-state index is 0.0858. The number of thiol groups is 1. The number of nitrogens with one attached hydrogen (secondary N) is 8. The summed E-state index contributed by atoms with van der Waals surface area (Å²) in [5.41, 5.74) is 10.7. The van der Waals surface area contributed by atoms with Crippen LogP contribution in [0.5, 0.6) is 0 Å². The molecule has 354 valence electrons. The summed E-state index contributed by atoms with van der Waals surface area (Å²) < 4.78 is 0. The van der Waals surface area contributed by atoms with Gasteiger partial charge in [0.25, 0.3) is 0 Å². The van der Waals surface area contributed by atoms with Crippen LogP contribution in [0.25, 0.3) is 0 Å². The Balaban J connectivity index is 2.79. The first-order valence-electron chi connectivity index (χ1n) is 19.8. The Morgan fingerprint density at radius 3 is 1.78 bits per heavy atom. The topological polar surface area (TPSA) is 417 Å². The Morgan fingerprint density at radius 1 is 0.683 bits per heavy atom. The molecule has 1 aliphatic heterocycles. The van der Waals surface area contributed by atoms with E-state index < -0.39 is 158 Å². The van der Waals surface area contributed by atoms with E-state index in [4.69, 9.17) is 11.5 Å². The number of aliphatic carboxylic acids is 2. The summed E-state index contributed by atoms with van der Waals surface area (Å²) in [6, 6.07) is -9.47. The molecule has 7 atom stereocenters. The van der Waals surface area contributed by atoms with Crippen LogP contribution in [0.2, 0.25) is 0 Å². The summed E-state index contributed by atoms with van der Waals surface area (Å²) in [7, 11) is 0. The number of nitrogens with zero attached hydrogens (tertiary/aromatic N) is 1. The first-order chi connectivity index (χ1) is 29.4. The van der Waals surface area contributed by atoms with Gasteiger partial charge in [-0.2, -0.15) is 12.6 Å². The number of carbonyl (C=O) groups excluding carboxylic acids is 10. The third kappa shape index (κ3) is 19.2. The van der Waals surface area contributed by atoms with Gasteiger partial charge in [-0.25, -0.2) is 4.79 Å². The van der Waals surface area contributed by atoms with E-state index in [0.29, 0.717) is 6.42 Å². The zero-order chi connectivity index (χ0) is 48.1. The predicted molar refractivity (Wildman–Crippen MR) is 220 cm³/mol. The molecular weight excluding hydrogens is 859 g/mol. The van der Waals surface area contributed by atoms with E-state index in [9.17, 15) is 72.9 Å². The number of carboxylic acid groups (broad SMARTS) is 2. The highest BCUT2D eigenvalue weighted by Gasteiger charge is 2.38. The molecule has 0 saturated carbocycles. The molecule has 0 aromatic carbocycles. The molecule has 1 aliphatic rings. The quantitative estimate of drug-likeness (QED) is 0.0341. The molecule has 0 aromatic heterocycles. The van der Waals surface area contributed by atoms with E-state index >= 15 is 0 Å². The van der Waals surface area contributed by atoms with Gasteiger partial charge in [0.1, 0.15) is 36.3 Å². The molecule has 27 heteroatoms. The maximum absolute atomic E-state index is 13.3. The zero-order valence-corrected chi connectivity index (χ0v) is 36.2. The van der Waals surface area contributed by atoms with Crippen molar-refractivity contribution in [3.63, 3.8) is 0 Å². The molecule has 1 rings (SSSR count). The van der Waals surface area contributed by atoms with Crippen LogP contribution in [0.15, 0.2) is 0 Å². The number of aliphatic hydroxyl groups is 1. The van der Waals surface area contributed by atoms with E-state index in [1.807, 2.05) is 5.32 Å². The molecule has 26 nitrogen and oxygen atoms in total. The average molecular weight is 918 g/mol. The van der Waals surface area contributed by atoms with Crippen molar-refractivity contribution in [2.24, 2.45) is 23.3 Å². The van der Waals surface area contributed by atoms with Gasteiger partial charge in [-0.1, -0.05) is 27.7 Å². The van der Waals surface area contributed by atoms with Crippen molar-refractivity contribution in [3.05, 3.63) is 0 Å². The van der Waals surface area contributed by atoms with Gasteiger partial charge in [0.2, 0.25) is 59.1 Å². The molecule has 1 saturated heterocycles. The summed E-state index contributed by atoms with van der Waals surface area (Å²) in [6.07, 6.45) is -0.996. The van der Waals surface area contributed by atoms with E-state index in [1.54, 1.807) is 27.7 Å². The second-order valence-corrected chi connectivity index (χ2v) is 15.4. The second kappa shape index (κ2) is 27.1. The highest BCUT2D eigenvalue weighted by atomic mass is 32.1. The predicted octanol–water partition coefficient (Wildman–Crippen LogP) is -6.86. The molecule has 0 aliphatic carbocycles. The molecule has 10 amide bonds. The maximum Gasteiger partial charge on any atom is 0.326 e. The fourth-order valence-corrected chi connectivity index (χ4v) is 5.98. The zero-order valence-electron chi connectivity index (χ0n) is 35.3. The number of primary amides is 1. The number of carboxylic acids is 2. The van der Waals surface area contributed by atoms with Crippen molar-refractivity contribution >= 4 is 83.6 Å². The van der Waals surface area contributed by atoms with E-state index in [0.717, 1.165) is 0 Å². The highest BCUT2D eigenvalue weighted by molar-refractivity contribution is 7.80. The SMILES string of the molecule is CC(C)[C@H](NC(=O)[C@@H](NC(=O)[C@@H]1CCCN1C(=O)CNC(=O)CNC(=O)[C@H](CO)NC(=O)[C@H](CC(=O)O)NC(=O)CNC(=O)[C@H](CCC(N)=O)NC(=O)[C@@H](N)CS)C(C)C)C(=O)O. The van der Waals surface area contributed by atoms with Crippen molar-refractivity contribution in [1.82, 2.24) is 47.4 Å². The number of amides is 10. The number of hydrogen-bond acceptors (Lipinski definition) is 15. The summed E-state index contributed by atoms with van der Waals surface area (Å²) in [4.78, 5) is 151. The number of rotatable bonds is 27. The third-order valence-electron chi connectivity index (χ3n) is 9.33. The standard InChI is InChI=1S/C36H59N11O15S/c1-16(2)28(35(60)46-29(17(3)4)36(61)62)45-34(59)22-6-5-9-47(22)26(52)13-39-24(50)11-40-32(57)21(14-48)44-33(58)20(10-27(53)54)42-25(51)12-41-31(56)19(7-8-23(38)49)43-30(55)18(37)15-63/h16-22,28-29,48,63H,5-15,37H2,1-4H3,(H2,38,49)(H,39,50)(H,40,57)(H,41,56)(H,42,51)(H,43,55)(H,44,58)(H,45,59)(H,46,60)(H,53,54)(H,61,62)/t18-,19-,20-,21-,22-,28-,29-/m0/s1. The molecule has 15 N–H and O–H groups in total. The van der Waals surface area contributed by atoms with Gasteiger partial charge < -0.3 is 74.2 Å². The molecule has 0 radical (unpaired) electrons. The lowest BCUT2D eigenvalue weighted by Crippen LogP contribution is -2.58. The van der Waals surface area contributed by atoms with Gasteiger partial charge in [0, 0.05) is 18.7 Å². The third-order valence-corrected chi connectivity index (χ3v) is 9.72. The molecule has 0 unspecified atom stereocenters. The Labute approximate surface area is 367 Å². The highest BCUT2D eigenvalue weighted by Crippen LogP contribution is 2.18. The van der Waals surface area contributed by atoms with Crippen LogP contribution in [0.3, 0.4) is 0 Å². The first kappa shape index (κ1) is 54.9. The molecular formula is C36H59N11O15S. The van der Waals surface area contributed by atoms with E-state index in [2.05, 4.69) is 49.8 Å². The lowest BCUT2D eigenvalue weighted by Gasteiger charge is -2.29. The Kier molecular flexibility index (Phi) is 23.6. The normalized spacial score (nSPS) is 16.2. The fraction of sp³-hybridized carbons (Fsp3) is 0.667. The van der Waals surface area contributed by atoms with E-state index in [1.165, 1.54) is 4.90 Å². The summed E-state index contributed by atoms with van der Waals surface area (Å²) in [6.45, 7) is 3.32. The van der Waals surface area contributed by atoms with Gasteiger partial charge in [-0.3, -0.25) is 52.7 Å². The number of hydrogen-bond donors (Lipinski definition) is 14. The second-order valence-electron chi connectivity index (χ2n) is 15.1. The smallest absolute Gasteiger partial charge is 0.326 e. The van der Waals surface area contributed by atoms with Gasteiger partial charge in [-0.05, 0) is 31.1 Å². The van der Waals surface area contributed by atoms with Crippen LogP contribution in [0.1, 0.15) is 59.8 Å². The van der Waals surface area contributed by atoms with Crippen LogP contribution in [0, 0.1) is 11.8 Å². The summed E-state index contributed by atoms with van der Waals surface area (Å²) >= 11 is 3.89. The molecule has 1 fully saturated rings. The van der Waals surface area contributed by atoms with Crippen LogP contribution in [-0.4, -0.2) is 172 Å². The largest absolute Gasteiger partial charge is 0.481 e. The van der Waals surface area contributed by atoms with E-state index in [-0.39, 0.29) is 31.6 Å². The van der Waals surface area contributed by atoms with Crippen LogP contribution in [0.4, 0.5) is 0 Å². The fourth-order valence-electron chi connectivity index (χ4n) is 5.81. The molecule has 0 spiro atoms. The maximum atomic E-state index is 13.3. The Morgan fingerprint density at radius 2 is 1.25 bits per heavy atom. The summed E-state index contributed by atoms with van der Waals surface area (Å²) in [5.74, 6) is -12.9. The van der Waals surface area contributed by atoms with Gasteiger partial charge in [-0.15, -0.1) is 0 Å². The van der Waals surface area contributed by atoms with Crippen LogP contribution >= 0.6 is 12.6 Å². The number of nitrogens with two attached hydrogens (primary N) is 2. The Bertz CT molecular complexity index is 1720. The lowest BCUT2D eigenvalue weighted by molar-refractivity contribution is -0.144. The number of likely N-dealkylation sites (tertiary alicyclic amines) is 1. The minimum atomic E-state index is -1.86. The minimum Gasteiger partial charge on any atom is -0.481 e. The number of carbonyl (C=O) groups is 12. The number of aliphatic hydroxyl groups excluding tert-OH is 1. The molecule has 0 bridgehead atoms. The lowest BCUT2D eigenvalue weighted by atomic mass is 10.00. The molecule has 63 heavy (non-hydrogen) atoms. The monoisotopic (exact) mass is 917 g/mol. The van der Waals surface area contributed by atoms with Crippen molar-refractivity contribution in [3.8, 4) is 0 Å². The van der Waals surface area contributed by atoms with Crippen molar-refractivity contribution in [2.75, 3.05) is 38.5 Å². The molecule has 1 heterocycles. The van der Waals surface area contributed by atoms with Crippen LogP contribution < -0.4 is 54.0 Å². The van der Waals surface area contributed by atoms with Gasteiger partial charge >= 0.3 is 11.9 Å². The first-order valence-corrected chi connectivity index (χ1v) is 20.4. The van der Waals surface area contributed by atoms with Gasteiger partial charge in [0.05, 0.1) is 38.7 Å². The van der Waals surface area contributed by atoms with Crippen LogP contribution in [-0.2, 0) is 57.5 Å². The van der Waals surface area contributed by atoms with Crippen molar-refractivity contribution < 1.29 is 72.9 Å². The summed E-state index contributed by atoms with van der Waals surface area (Å²) in [5, 5.41) is 46.5. The van der Waals surface area contributed by atoms with Crippen molar-refractivity contribution in [2.45, 2.75) is 102 Å². The Hall–Kier alpha value is -6.09. The average Bonchev–Trinajstić information content (AvgIpc) is 3.71. The van der Waals surface area contributed by atoms with Gasteiger partial charge in [0.15, 0.2) is 0 Å².